The number of hydrogen-bond donors (Lipinski definition) is 1. The Morgan fingerprint density at radius 3 is 2.46 bits per heavy atom. The third-order valence-electron chi connectivity index (χ3n) is 2.53. The first-order valence-corrected chi connectivity index (χ1v) is 5.27. The molecule has 0 aliphatic rings. The normalized spacial score (nSPS) is 14.5. The first-order chi connectivity index (χ1) is 6.02. The highest BCUT2D eigenvalue weighted by Crippen LogP contribution is 2.18. The molecule has 0 saturated carbocycles. The number of nitrogens with one attached hydrogen (secondary N) is 1. The van der Waals surface area contributed by atoms with Crippen molar-refractivity contribution in [3.05, 3.63) is 0 Å². The minimum Gasteiger partial charge on any atom is -0.379 e. The van der Waals surface area contributed by atoms with Crippen LogP contribution in [0.15, 0.2) is 0 Å². The summed E-state index contributed by atoms with van der Waals surface area (Å²) in [5.74, 6) is 0.745. The van der Waals surface area contributed by atoms with Crippen molar-refractivity contribution in [1.29, 1.82) is 0 Å². The van der Waals surface area contributed by atoms with Crippen LogP contribution in [-0.4, -0.2) is 25.8 Å². The van der Waals surface area contributed by atoms with Crippen molar-refractivity contribution in [3.8, 4) is 0 Å². The van der Waals surface area contributed by atoms with Gasteiger partial charge in [-0.2, -0.15) is 0 Å². The Morgan fingerprint density at radius 2 is 2.00 bits per heavy atom. The first-order valence-electron chi connectivity index (χ1n) is 5.27. The molecule has 2 nitrogen and oxygen atoms in total. The van der Waals surface area contributed by atoms with Crippen LogP contribution in [0.25, 0.3) is 0 Å². The second kappa shape index (κ2) is 6.39. The quantitative estimate of drug-likeness (QED) is 0.661. The van der Waals surface area contributed by atoms with Crippen LogP contribution >= 0.6 is 0 Å². The molecule has 0 rings (SSSR count). The summed E-state index contributed by atoms with van der Waals surface area (Å²) in [4.78, 5) is 0. The summed E-state index contributed by atoms with van der Waals surface area (Å²) in [6, 6.07) is 0. The van der Waals surface area contributed by atoms with Gasteiger partial charge < -0.3 is 10.1 Å². The zero-order valence-electron chi connectivity index (χ0n) is 9.81. The molecule has 0 saturated heterocycles. The minimum atomic E-state index is 0.0421. The molecule has 0 heterocycles. The van der Waals surface area contributed by atoms with Gasteiger partial charge in [0.05, 0.1) is 5.60 Å². The van der Waals surface area contributed by atoms with Gasteiger partial charge in [-0.25, -0.2) is 0 Å². The fourth-order valence-corrected chi connectivity index (χ4v) is 1.19. The smallest absolute Gasteiger partial charge is 0.0622 e. The summed E-state index contributed by atoms with van der Waals surface area (Å²) in [7, 11) is 1.79. The van der Waals surface area contributed by atoms with E-state index in [1.165, 1.54) is 6.42 Å². The molecule has 1 atom stereocenters. The molecule has 0 bridgehead atoms. The van der Waals surface area contributed by atoms with Crippen LogP contribution in [0.2, 0.25) is 0 Å². The SMILES string of the molecule is CCNCC(C)CCC(C)(C)OC. The van der Waals surface area contributed by atoms with E-state index in [1.54, 1.807) is 7.11 Å². The van der Waals surface area contributed by atoms with E-state index in [9.17, 15) is 0 Å². The van der Waals surface area contributed by atoms with Gasteiger partial charge in [-0.3, -0.25) is 0 Å². The van der Waals surface area contributed by atoms with E-state index in [-0.39, 0.29) is 5.60 Å². The number of ether oxygens (including phenoxy) is 1. The minimum absolute atomic E-state index is 0.0421. The predicted molar refractivity (Wildman–Crippen MR) is 58.0 cm³/mol. The summed E-state index contributed by atoms with van der Waals surface area (Å²) in [5.41, 5.74) is 0.0421. The Kier molecular flexibility index (Phi) is 6.35. The van der Waals surface area contributed by atoms with Gasteiger partial charge in [-0.05, 0) is 45.7 Å². The number of hydrogen-bond acceptors (Lipinski definition) is 2. The summed E-state index contributed by atoms with van der Waals surface area (Å²) in [6.45, 7) is 10.9. The van der Waals surface area contributed by atoms with Gasteiger partial charge in [0.25, 0.3) is 0 Å². The Balaban J connectivity index is 3.51. The molecular weight excluding hydrogens is 162 g/mol. The highest BCUT2D eigenvalue weighted by molar-refractivity contribution is 4.69. The van der Waals surface area contributed by atoms with Gasteiger partial charge in [0.1, 0.15) is 0 Å². The molecule has 1 N–H and O–H groups in total. The van der Waals surface area contributed by atoms with E-state index in [2.05, 4.69) is 33.0 Å². The maximum atomic E-state index is 5.37. The van der Waals surface area contributed by atoms with E-state index >= 15 is 0 Å². The lowest BCUT2D eigenvalue weighted by molar-refractivity contribution is 0.0109. The first kappa shape index (κ1) is 12.9. The Labute approximate surface area is 83.1 Å². The molecule has 80 valence electrons. The Hall–Kier alpha value is -0.0800. The van der Waals surface area contributed by atoms with Crippen molar-refractivity contribution in [2.24, 2.45) is 5.92 Å². The molecule has 0 aromatic rings. The third-order valence-corrected chi connectivity index (χ3v) is 2.53. The van der Waals surface area contributed by atoms with Gasteiger partial charge >= 0.3 is 0 Å². The highest BCUT2D eigenvalue weighted by atomic mass is 16.5. The lowest BCUT2D eigenvalue weighted by Gasteiger charge is -2.24. The average Bonchev–Trinajstić information content (AvgIpc) is 2.11. The van der Waals surface area contributed by atoms with Crippen molar-refractivity contribution >= 4 is 0 Å². The maximum Gasteiger partial charge on any atom is 0.0622 e. The number of methoxy groups -OCH3 is 1. The van der Waals surface area contributed by atoms with Crippen LogP contribution < -0.4 is 5.32 Å². The summed E-state index contributed by atoms with van der Waals surface area (Å²) in [6.07, 6.45) is 2.36. The zero-order chi connectivity index (χ0) is 10.3. The van der Waals surface area contributed by atoms with E-state index in [1.807, 2.05) is 0 Å². The average molecular weight is 187 g/mol. The van der Waals surface area contributed by atoms with Crippen LogP contribution in [0.1, 0.15) is 40.5 Å². The summed E-state index contributed by atoms with van der Waals surface area (Å²) >= 11 is 0. The second-order valence-electron chi connectivity index (χ2n) is 4.42. The second-order valence-corrected chi connectivity index (χ2v) is 4.42. The van der Waals surface area contributed by atoms with Crippen molar-refractivity contribution < 1.29 is 4.74 Å². The zero-order valence-corrected chi connectivity index (χ0v) is 9.81. The standard InChI is InChI=1S/C11H25NO/c1-6-12-9-10(2)7-8-11(3,4)13-5/h10,12H,6-9H2,1-5H3. The lowest BCUT2D eigenvalue weighted by atomic mass is 9.96. The molecule has 0 fully saturated rings. The molecule has 0 aromatic carbocycles. The topological polar surface area (TPSA) is 21.3 Å². The van der Waals surface area contributed by atoms with Crippen molar-refractivity contribution in [3.63, 3.8) is 0 Å². The molecule has 0 aliphatic heterocycles. The molecular formula is C11H25NO. The predicted octanol–water partition coefficient (Wildman–Crippen LogP) is 2.44. The molecule has 1 unspecified atom stereocenters. The largest absolute Gasteiger partial charge is 0.379 e. The van der Waals surface area contributed by atoms with Crippen LogP contribution in [0, 0.1) is 5.92 Å². The van der Waals surface area contributed by atoms with E-state index < -0.39 is 0 Å². The molecule has 0 radical (unpaired) electrons. The molecule has 0 amide bonds. The van der Waals surface area contributed by atoms with Crippen molar-refractivity contribution in [2.75, 3.05) is 20.2 Å². The highest BCUT2D eigenvalue weighted by Gasteiger charge is 2.16. The maximum absolute atomic E-state index is 5.37. The van der Waals surface area contributed by atoms with Gasteiger partial charge in [-0.15, -0.1) is 0 Å². The van der Waals surface area contributed by atoms with Crippen LogP contribution in [0.5, 0.6) is 0 Å². The fraction of sp³-hybridized carbons (Fsp3) is 1.00. The lowest BCUT2D eigenvalue weighted by Crippen LogP contribution is -2.26. The van der Waals surface area contributed by atoms with Crippen LogP contribution in [0.4, 0.5) is 0 Å². The Bertz CT molecular complexity index is 123. The monoisotopic (exact) mass is 187 g/mol. The van der Waals surface area contributed by atoms with Gasteiger partial charge in [0.15, 0.2) is 0 Å². The van der Waals surface area contributed by atoms with Crippen LogP contribution in [0.3, 0.4) is 0 Å². The van der Waals surface area contributed by atoms with Crippen LogP contribution in [-0.2, 0) is 4.74 Å². The molecule has 0 aliphatic carbocycles. The molecule has 13 heavy (non-hydrogen) atoms. The third kappa shape index (κ3) is 7.03. The van der Waals surface area contributed by atoms with Gasteiger partial charge in [-0.1, -0.05) is 13.8 Å². The summed E-state index contributed by atoms with van der Waals surface area (Å²) in [5, 5.41) is 3.36. The van der Waals surface area contributed by atoms with Crippen molar-refractivity contribution in [1.82, 2.24) is 5.32 Å². The van der Waals surface area contributed by atoms with Gasteiger partial charge in [0.2, 0.25) is 0 Å². The Morgan fingerprint density at radius 1 is 1.38 bits per heavy atom. The fourth-order valence-electron chi connectivity index (χ4n) is 1.19. The van der Waals surface area contributed by atoms with Gasteiger partial charge in [0, 0.05) is 7.11 Å². The number of rotatable bonds is 7. The van der Waals surface area contributed by atoms with E-state index in [0.717, 1.165) is 25.4 Å². The molecule has 0 spiro atoms. The molecule has 2 heteroatoms. The van der Waals surface area contributed by atoms with Crippen molar-refractivity contribution in [2.45, 2.75) is 46.1 Å². The van der Waals surface area contributed by atoms with E-state index in [0.29, 0.717) is 0 Å². The molecule has 0 aromatic heterocycles. The summed E-state index contributed by atoms with van der Waals surface area (Å²) < 4.78 is 5.37. The van der Waals surface area contributed by atoms with E-state index in [4.69, 9.17) is 4.74 Å².